The molecule has 0 unspecified atom stereocenters. The van der Waals surface area contributed by atoms with Crippen LogP contribution < -0.4 is 5.32 Å². The summed E-state index contributed by atoms with van der Waals surface area (Å²) in [5, 5.41) is 3.08. The first-order valence-corrected chi connectivity index (χ1v) is 9.71. The fraction of sp³-hybridized carbons (Fsp3) is 0.667. The number of carbonyl (C=O) groups is 1. The molecule has 0 atom stereocenters. The molecule has 1 N–H and O–H groups in total. The van der Waals surface area contributed by atoms with E-state index in [2.05, 4.69) is 24.4 Å². The summed E-state index contributed by atoms with van der Waals surface area (Å²) in [6.07, 6.45) is 15.3. The highest BCUT2D eigenvalue weighted by Crippen LogP contribution is 2.22. The second-order valence-corrected chi connectivity index (χ2v) is 6.92. The maximum Gasteiger partial charge on any atom is 0.251 e. The van der Waals surface area contributed by atoms with E-state index in [0.717, 1.165) is 24.9 Å². The Morgan fingerprint density at radius 3 is 2.30 bits per heavy atom. The minimum atomic E-state index is 0.0984. The van der Waals surface area contributed by atoms with Crippen molar-refractivity contribution in [2.75, 3.05) is 6.54 Å². The molecule has 0 aromatic heterocycles. The van der Waals surface area contributed by atoms with Crippen LogP contribution in [0, 0.1) is 0 Å². The highest BCUT2D eigenvalue weighted by molar-refractivity contribution is 5.94. The molecule has 0 radical (unpaired) electrons. The SMILES string of the molecule is CCCCCCCCCCNC(=O)c1ccc2c(c1)CCCC2. The Bertz CT molecular complexity index is 481. The Morgan fingerprint density at radius 1 is 0.913 bits per heavy atom. The van der Waals surface area contributed by atoms with Crippen molar-refractivity contribution >= 4 is 5.91 Å². The third-order valence-corrected chi connectivity index (χ3v) is 4.93. The van der Waals surface area contributed by atoms with Crippen molar-refractivity contribution in [3.63, 3.8) is 0 Å². The molecule has 1 aromatic carbocycles. The van der Waals surface area contributed by atoms with Crippen LogP contribution in [-0.4, -0.2) is 12.5 Å². The molecule has 0 saturated heterocycles. The van der Waals surface area contributed by atoms with Crippen molar-refractivity contribution in [1.29, 1.82) is 0 Å². The number of rotatable bonds is 10. The van der Waals surface area contributed by atoms with Gasteiger partial charge in [0.05, 0.1) is 0 Å². The smallest absolute Gasteiger partial charge is 0.251 e. The van der Waals surface area contributed by atoms with Crippen LogP contribution in [0.4, 0.5) is 0 Å². The summed E-state index contributed by atoms with van der Waals surface area (Å²) < 4.78 is 0. The number of unbranched alkanes of at least 4 members (excludes halogenated alkanes) is 7. The van der Waals surface area contributed by atoms with Crippen molar-refractivity contribution in [2.45, 2.75) is 84.0 Å². The summed E-state index contributed by atoms with van der Waals surface area (Å²) in [4.78, 5) is 12.2. The Balaban J connectivity index is 1.60. The van der Waals surface area contributed by atoms with Gasteiger partial charge >= 0.3 is 0 Å². The van der Waals surface area contributed by atoms with Gasteiger partial charge in [0.1, 0.15) is 0 Å². The van der Waals surface area contributed by atoms with Crippen LogP contribution in [0.1, 0.15) is 92.6 Å². The van der Waals surface area contributed by atoms with Crippen molar-refractivity contribution in [1.82, 2.24) is 5.32 Å². The van der Waals surface area contributed by atoms with Crippen LogP contribution in [0.3, 0.4) is 0 Å². The maximum absolute atomic E-state index is 12.2. The lowest BCUT2D eigenvalue weighted by molar-refractivity contribution is 0.0953. The van der Waals surface area contributed by atoms with E-state index >= 15 is 0 Å². The van der Waals surface area contributed by atoms with E-state index < -0.39 is 0 Å². The van der Waals surface area contributed by atoms with Gasteiger partial charge in [-0.1, -0.05) is 57.9 Å². The maximum atomic E-state index is 12.2. The molecule has 0 aliphatic heterocycles. The topological polar surface area (TPSA) is 29.1 Å². The fourth-order valence-corrected chi connectivity index (χ4v) is 3.44. The van der Waals surface area contributed by atoms with Gasteiger partial charge in [0, 0.05) is 12.1 Å². The molecule has 0 saturated carbocycles. The van der Waals surface area contributed by atoms with Crippen LogP contribution in [-0.2, 0) is 12.8 Å². The first-order chi connectivity index (χ1) is 11.3. The Hall–Kier alpha value is -1.31. The van der Waals surface area contributed by atoms with Crippen molar-refractivity contribution in [3.05, 3.63) is 34.9 Å². The van der Waals surface area contributed by atoms with Crippen LogP contribution >= 0.6 is 0 Å². The van der Waals surface area contributed by atoms with E-state index in [9.17, 15) is 4.79 Å². The highest BCUT2D eigenvalue weighted by atomic mass is 16.1. The molecule has 0 spiro atoms. The summed E-state index contributed by atoms with van der Waals surface area (Å²) in [7, 11) is 0. The van der Waals surface area contributed by atoms with Crippen LogP contribution in [0.2, 0.25) is 0 Å². The van der Waals surface area contributed by atoms with E-state index in [-0.39, 0.29) is 5.91 Å². The molecular formula is C21H33NO. The summed E-state index contributed by atoms with van der Waals surface area (Å²) in [6.45, 7) is 3.07. The Morgan fingerprint density at radius 2 is 1.57 bits per heavy atom. The Kier molecular flexibility index (Phi) is 8.20. The van der Waals surface area contributed by atoms with E-state index in [1.165, 1.54) is 75.3 Å². The van der Waals surface area contributed by atoms with Crippen molar-refractivity contribution < 1.29 is 4.79 Å². The number of amides is 1. The normalized spacial score (nSPS) is 13.6. The zero-order valence-corrected chi connectivity index (χ0v) is 14.8. The monoisotopic (exact) mass is 315 g/mol. The van der Waals surface area contributed by atoms with E-state index in [0.29, 0.717) is 0 Å². The zero-order chi connectivity index (χ0) is 16.3. The fourth-order valence-electron chi connectivity index (χ4n) is 3.44. The minimum absolute atomic E-state index is 0.0984. The second-order valence-electron chi connectivity index (χ2n) is 6.92. The van der Waals surface area contributed by atoms with Gasteiger partial charge in [-0.3, -0.25) is 4.79 Å². The molecule has 2 rings (SSSR count). The minimum Gasteiger partial charge on any atom is -0.352 e. The molecular weight excluding hydrogens is 282 g/mol. The first-order valence-electron chi connectivity index (χ1n) is 9.71. The number of hydrogen-bond donors (Lipinski definition) is 1. The molecule has 0 heterocycles. The molecule has 1 amide bonds. The van der Waals surface area contributed by atoms with Crippen molar-refractivity contribution in [2.24, 2.45) is 0 Å². The quantitative estimate of drug-likeness (QED) is 0.573. The average Bonchev–Trinajstić information content (AvgIpc) is 2.59. The molecule has 128 valence electrons. The number of carbonyl (C=O) groups excluding carboxylic acids is 1. The molecule has 1 aliphatic rings. The van der Waals surface area contributed by atoms with Gasteiger partial charge in [0.15, 0.2) is 0 Å². The Labute approximate surface area is 142 Å². The number of hydrogen-bond acceptors (Lipinski definition) is 1. The largest absolute Gasteiger partial charge is 0.352 e. The summed E-state index contributed by atoms with van der Waals surface area (Å²) in [5.41, 5.74) is 3.66. The van der Waals surface area contributed by atoms with E-state index in [1.807, 2.05) is 6.07 Å². The summed E-state index contributed by atoms with van der Waals surface area (Å²) in [5.74, 6) is 0.0984. The zero-order valence-electron chi connectivity index (χ0n) is 14.8. The molecule has 1 aromatic rings. The van der Waals surface area contributed by atoms with E-state index in [1.54, 1.807) is 0 Å². The van der Waals surface area contributed by atoms with Gasteiger partial charge in [-0.05, 0) is 55.4 Å². The summed E-state index contributed by atoms with van der Waals surface area (Å²) in [6, 6.07) is 6.25. The molecule has 1 aliphatic carbocycles. The third-order valence-electron chi connectivity index (χ3n) is 4.93. The van der Waals surface area contributed by atoms with Gasteiger partial charge in [-0.2, -0.15) is 0 Å². The number of aryl methyl sites for hydroxylation is 2. The van der Waals surface area contributed by atoms with Gasteiger partial charge in [0.2, 0.25) is 0 Å². The van der Waals surface area contributed by atoms with Crippen LogP contribution in [0.25, 0.3) is 0 Å². The van der Waals surface area contributed by atoms with E-state index in [4.69, 9.17) is 0 Å². The molecule has 0 fully saturated rings. The lowest BCUT2D eigenvalue weighted by atomic mass is 9.90. The lowest BCUT2D eigenvalue weighted by Crippen LogP contribution is -2.24. The molecule has 0 bridgehead atoms. The van der Waals surface area contributed by atoms with Crippen LogP contribution in [0.5, 0.6) is 0 Å². The van der Waals surface area contributed by atoms with Crippen molar-refractivity contribution in [3.8, 4) is 0 Å². The van der Waals surface area contributed by atoms with Gasteiger partial charge in [-0.25, -0.2) is 0 Å². The number of fused-ring (bicyclic) bond motifs is 1. The van der Waals surface area contributed by atoms with Gasteiger partial charge < -0.3 is 5.32 Å². The first kappa shape index (κ1) is 18.0. The number of nitrogens with one attached hydrogen (secondary N) is 1. The van der Waals surface area contributed by atoms with Gasteiger partial charge in [0.25, 0.3) is 5.91 Å². The average molecular weight is 316 g/mol. The lowest BCUT2D eigenvalue weighted by Gasteiger charge is -2.16. The van der Waals surface area contributed by atoms with Gasteiger partial charge in [-0.15, -0.1) is 0 Å². The standard InChI is InChI=1S/C21H33NO/c1-2-3-4-5-6-7-8-11-16-22-21(23)20-15-14-18-12-9-10-13-19(18)17-20/h14-15,17H,2-13,16H2,1H3,(H,22,23). The second kappa shape index (κ2) is 10.5. The van der Waals surface area contributed by atoms with Crippen LogP contribution in [0.15, 0.2) is 18.2 Å². The highest BCUT2D eigenvalue weighted by Gasteiger charge is 2.12. The molecule has 2 heteroatoms. The third kappa shape index (κ3) is 6.37. The number of benzene rings is 1. The molecule has 2 nitrogen and oxygen atoms in total. The summed E-state index contributed by atoms with van der Waals surface area (Å²) >= 11 is 0. The predicted molar refractivity (Wildman–Crippen MR) is 98.0 cm³/mol. The molecule has 23 heavy (non-hydrogen) atoms. The predicted octanol–water partition coefficient (Wildman–Crippen LogP) is 5.44.